The molecule has 4 heteroatoms. The number of hydrogen-bond acceptors (Lipinski definition) is 2. The molecule has 0 bridgehead atoms. The van der Waals surface area contributed by atoms with E-state index in [4.69, 9.17) is 0 Å². The summed E-state index contributed by atoms with van der Waals surface area (Å²) in [5, 5.41) is 4.30. The first-order chi connectivity index (χ1) is 7.34. The number of pyridine rings is 1. The third-order valence-electron chi connectivity index (χ3n) is 3.14. The number of fused-ring (bicyclic) bond motifs is 1. The number of rotatable bonds is 2. The van der Waals surface area contributed by atoms with Crippen LogP contribution in [-0.2, 0) is 6.54 Å². The molecule has 0 unspecified atom stereocenters. The Morgan fingerprint density at radius 1 is 1.40 bits per heavy atom. The van der Waals surface area contributed by atoms with E-state index in [-0.39, 0.29) is 5.69 Å². The van der Waals surface area contributed by atoms with E-state index in [0.29, 0.717) is 5.92 Å². The van der Waals surface area contributed by atoms with Gasteiger partial charge >= 0.3 is 5.69 Å². The fourth-order valence-electron chi connectivity index (χ4n) is 2.01. The summed E-state index contributed by atoms with van der Waals surface area (Å²) in [4.78, 5) is 11.9. The van der Waals surface area contributed by atoms with Gasteiger partial charge in [0.25, 0.3) is 0 Å². The molecule has 0 saturated heterocycles. The average molecular weight is 203 g/mol. The van der Waals surface area contributed by atoms with E-state index < -0.39 is 0 Å². The third-order valence-corrected chi connectivity index (χ3v) is 3.14. The molecule has 2 aromatic rings. The highest BCUT2D eigenvalue weighted by Gasteiger charge is 2.19. The molecule has 78 valence electrons. The summed E-state index contributed by atoms with van der Waals surface area (Å²) < 4.78 is 3.19. The van der Waals surface area contributed by atoms with Crippen LogP contribution in [0.4, 0.5) is 0 Å². The SMILES string of the molecule is O=c1n(CC2CCC2)nc2ccccn12. The molecule has 1 aliphatic rings. The minimum absolute atomic E-state index is 0.0162. The van der Waals surface area contributed by atoms with Gasteiger partial charge in [0.2, 0.25) is 0 Å². The Labute approximate surface area is 87.1 Å². The molecule has 0 aromatic carbocycles. The summed E-state index contributed by atoms with van der Waals surface area (Å²) in [5.74, 6) is 0.660. The third kappa shape index (κ3) is 1.37. The largest absolute Gasteiger partial charge is 0.350 e. The molecule has 0 N–H and O–H groups in total. The van der Waals surface area contributed by atoms with Crippen molar-refractivity contribution in [2.24, 2.45) is 5.92 Å². The zero-order valence-corrected chi connectivity index (χ0v) is 8.47. The van der Waals surface area contributed by atoms with E-state index in [1.165, 1.54) is 19.3 Å². The molecule has 15 heavy (non-hydrogen) atoms. The van der Waals surface area contributed by atoms with Crippen LogP contribution in [0.2, 0.25) is 0 Å². The van der Waals surface area contributed by atoms with Crippen LogP contribution in [0, 0.1) is 5.92 Å². The Morgan fingerprint density at radius 2 is 2.27 bits per heavy atom. The van der Waals surface area contributed by atoms with Crippen molar-refractivity contribution in [1.29, 1.82) is 0 Å². The summed E-state index contributed by atoms with van der Waals surface area (Å²) in [6.07, 6.45) is 5.54. The van der Waals surface area contributed by atoms with Crippen molar-refractivity contribution in [2.45, 2.75) is 25.8 Å². The monoisotopic (exact) mass is 203 g/mol. The molecule has 1 saturated carbocycles. The van der Waals surface area contributed by atoms with Gasteiger partial charge in [0, 0.05) is 12.7 Å². The van der Waals surface area contributed by atoms with Gasteiger partial charge in [-0.1, -0.05) is 12.5 Å². The lowest BCUT2D eigenvalue weighted by Crippen LogP contribution is -2.27. The standard InChI is InChI=1S/C11H13N3O/c15-11-13-7-2-1-6-10(13)12-14(11)8-9-4-3-5-9/h1-2,6-7,9H,3-5,8H2. The molecule has 0 aliphatic heterocycles. The Kier molecular flexibility index (Phi) is 1.87. The summed E-state index contributed by atoms with van der Waals surface area (Å²) >= 11 is 0. The molecular formula is C11H13N3O. The zero-order valence-electron chi connectivity index (χ0n) is 8.47. The second kappa shape index (κ2) is 3.22. The molecule has 4 nitrogen and oxygen atoms in total. The molecule has 0 atom stereocenters. The van der Waals surface area contributed by atoms with Crippen LogP contribution >= 0.6 is 0 Å². The van der Waals surface area contributed by atoms with Crippen molar-refractivity contribution in [3.05, 3.63) is 34.9 Å². The lowest BCUT2D eigenvalue weighted by atomic mass is 9.86. The molecular weight excluding hydrogens is 190 g/mol. The van der Waals surface area contributed by atoms with E-state index >= 15 is 0 Å². The van der Waals surface area contributed by atoms with Crippen molar-refractivity contribution in [3.8, 4) is 0 Å². The molecule has 1 aliphatic carbocycles. The molecule has 1 fully saturated rings. The second-order valence-electron chi connectivity index (χ2n) is 4.19. The van der Waals surface area contributed by atoms with Crippen LogP contribution in [0.5, 0.6) is 0 Å². The van der Waals surface area contributed by atoms with Crippen molar-refractivity contribution in [1.82, 2.24) is 14.2 Å². The normalized spacial score (nSPS) is 16.8. The lowest BCUT2D eigenvalue weighted by molar-refractivity contribution is 0.263. The summed E-state index contributed by atoms with van der Waals surface area (Å²) in [7, 11) is 0. The molecule has 2 heterocycles. The molecule has 0 spiro atoms. The van der Waals surface area contributed by atoms with Gasteiger partial charge < -0.3 is 0 Å². The van der Waals surface area contributed by atoms with Crippen LogP contribution in [0.25, 0.3) is 5.65 Å². The highest BCUT2D eigenvalue weighted by Crippen LogP contribution is 2.27. The minimum Gasteiger partial charge on any atom is -0.250 e. The first-order valence-corrected chi connectivity index (χ1v) is 5.39. The number of nitrogens with zero attached hydrogens (tertiary/aromatic N) is 3. The van der Waals surface area contributed by atoms with Crippen LogP contribution in [-0.4, -0.2) is 14.2 Å². The predicted octanol–water partition coefficient (Wildman–Crippen LogP) is 1.30. The van der Waals surface area contributed by atoms with Crippen molar-refractivity contribution in [3.63, 3.8) is 0 Å². The van der Waals surface area contributed by atoms with Crippen molar-refractivity contribution in [2.75, 3.05) is 0 Å². The Bertz CT molecular complexity index is 536. The summed E-state index contributed by atoms with van der Waals surface area (Å²) in [6, 6.07) is 5.61. The summed E-state index contributed by atoms with van der Waals surface area (Å²) in [5.41, 5.74) is 0.722. The van der Waals surface area contributed by atoms with E-state index in [1.807, 2.05) is 18.2 Å². The fraction of sp³-hybridized carbons (Fsp3) is 0.455. The van der Waals surface area contributed by atoms with Crippen LogP contribution < -0.4 is 5.69 Å². The Balaban J connectivity index is 2.03. The van der Waals surface area contributed by atoms with Gasteiger partial charge in [-0.05, 0) is 30.9 Å². The molecule has 0 radical (unpaired) electrons. The molecule has 2 aromatic heterocycles. The van der Waals surface area contributed by atoms with Gasteiger partial charge in [0.05, 0.1) is 0 Å². The van der Waals surface area contributed by atoms with E-state index in [9.17, 15) is 4.79 Å². The minimum atomic E-state index is -0.0162. The number of aromatic nitrogens is 3. The maximum Gasteiger partial charge on any atom is 0.350 e. The average Bonchev–Trinajstić information content (AvgIpc) is 2.51. The van der Waals surface area contributed by atoms with Crippen LogP contribution in [0.3, 0.4) is 0 Å². The van der Waals surface area contributed by atoms with Crippen molar-refractivity contribution < 1.29 is 0 Å². The van der Waals surface area contributed by atoms with E-state index in [2.05, 4.69) is 5.10 Å². The Hall–Kier alpha value is -1.58. The van der Waals surface area contributed by atoms with E-state index in [1.54, 1.807) is 15.3 Å². The van der Waals surface area contributed by atoms with Gasteiger partial charge in [-0.15, -0.1) is 5.10 Å². The maximum atomic E-state index is 11.9. The van der Waals surface area contributed by atoms with Gasteiger partial charge in [-0.2, -0.15) is 0 Å². The van der Waals surface area contributed by atoms with Crippen LogP contribution in [0.15, 0.2) is 29.2 Å². The first kappa shape index (κ1) is 8.71. The quantitative estimate of drug-likeness (QED) is 0.738. The van der Waals surface area contributed by atoms with Gasteiger partial charge in [-0.25, -0.2) is 9.48 Å². The van der Waals surface area contributed by atoms with Gasteiger partial charge in [0.15, 0.2) is 5.65 Å². The first-order valence-electron chi connectivity index (χ1n) is 5.39. The predicted molar refractivity (Wildman–Crippen MR) is 56.8 cm³/mol. The summed E-state index contributed by atoms with van der Waals surface area (Å²) in [6.45, 7) is 0.778. The van der Waals surface area contributed by atoms with E-state index in [0.717, 1.165) is 12.2 Å². The fourth-order valence-corrected chi connectivity index (χ4v) is 2.01. The molecule has 3 rings (SSSR count). The number of hydrogen-bond donors (Lipinski definition) is 0. The van der Waals surface area contributed by atoms with Gasteiger partial charge in [-0.3, -0.25) is 4.40 Å². The molecule has 0 amide bonds. The van der Waals surface area contributed by atoms with Gasteiger partial charge in [0.1, 0.15) is 0 Å². The highest BCUT2D eigenvalue weighted by atomic mass is 16.2. The topological polar surface area (TPSA) is 39.3 Å². The highest BCUT2D eigenvalue weighted by molar-refractivity contribution is 5.35. The smallest absolute Gasteiger partial charge is 0.250 e. The Morgan fingerprint density at radius 3 is 2.93 bits per heavy atom. The second-order valence-corrected chi connectivity index (χ2v) is 4.19. The maximum absolute atomic E-state index is 11.9. The van der Waals surface area contributed by atoms with Crippen molar-refractivity contribution >= 4 is 5.65 Å². The van der Waals surface area contributed by atoms with Crippen LogP contribution in [0.1, 0.15) is 19.3 Å². The lowest BCUT2D eigenvalue weighted by Gasteiger charge is -2.24. The zero-order chi connectivity index (χ0) is 10.3.